The van der Waals surface area contributed by atoms with E-state index in [2.05, 4.69) is 5.10 Å². The average molecular weight is 168 g/mol. The van der Waals surface area contributed by atoms with Crippen molar-refractivity contribution in [2.75, 3.05) is 6.61 Å². The van der Waals surface area contributed by atoms with Gasteiger partial charge in [0.25, 0.3) is 0 Å². The standard InChI is InChI=1S/C8H12N2O2/c1-3-10-6-7(5-9-10)8(11)12-4-2/h5-6H,3-4H2,1-2H3. The molecule has 12 heavy (non-hydrogen) atoms. The van der Waals surface area contributed by atoms with Gasteiger partial charge < -0.3 is 4.74 Å². The van der Waals surface area contributed by atoms with Gasteiger partial charge in [-0.05, 0) is 13.8 Å². The number of hydrogen-bond acceptors (Lipinski definition) is 3. The molecule has 0 aliphatic heterocycles. The third-order valence-corrected chi connectivity index (χ3v) is 1.47. The van der Waals surface area contributed by atoms with Gasteiger partial charge in [-0.3, -0.25) is 4.68 Å². The van der Waals surface area contributed by atoms with E-state index in [-0.39, 0.29) is 5.97 Å². The van der Waals surface area contributed by atoms with Crippen LogP contribution in [0.1, 0.15) is 24.2 Å². The first-order valence-electron chi connectivity index (χ1n) is 3.97. The second kappa shape index (κ2) is 3.90. The molecule has 0 aliphatic rings. The van der Waals surface area contributed by atoms with Gasteiger partial charge in [-0.15, -0.1) is 0 Å². The Labute approximate surface area is 71.1 Å². The summed E-state index contributed by atoms with van der Waals surface area (Å²) >= 11 is 0. The van der Waals surface area contributed by atoms with Gasteiger partial charge in [0.2, 0.25) is 0 Å². The van der Waals surface area contributed by atoms with E-state index in [9.17, 15) is 4.79 Å². The molecule has 0 saturated heterocycles. The van der Waals surface area contributed by atoms with Gasteiger partial charge in [-0.1, -0.05) is 0 Å². The number of esters is 1. The summed E-state index contributed by atoms with van der Waals surface area (Å²) in [6, 6.07) is 0. The molecular formula is C8H12N2O2. The summed E-state index contributed by atoms with van der Waals surface area (Å²) in [5.41, 5.74) is 0.513. The van der Waals surface area contributed by atoms with E-state index in [0.717, 1.165) is 6.54 Å². The van der Waals surface area contributed by atoms with Crippen molar-refractivity contribution >= 4 is 5.97 Å². The van der Waals surface area contributed by atoms with Crippen molar-refractivity contribution in [2.24, 2.45) is 0 Å². The fourth-order valence-electron chi connectivity index (χ4n) is 0.856. The maximum atomic E-state index is 11.1. The van der Waals surface area contributed by atoms with Crippen molar-refractivity contribution in [3.05, 3.63) is 18.0 Å². The molecule has 0 bridgehead atoms. The fraction of sp³-hybridized carbons (Fsp3) is 0.500. The first-order chi connectivity index (χ1) is 5.77. The Balaban J connectivity index is 2.68. The molecule has 1 aromatic rings. The summed E-state index contributed by atoms with van der Waals surface area (Å²) in [6.07, 6.45) is 3.19. The van der Waals surface area contributed by atoms with Crippen molar-refractivity contribution in [1.29, 1.82) is 0 Å². The smallest absolute Gasteiger partial charge is 0.341 e. The maximum Gasteiger partial charge on any atom is 0.341 e. The number of nitrogens with zero attached hydrogens (tertiary/aromatic N) is 2. The van der Waals surface area contributed by atoms with Crippen LogP contribution in [0.25, 0.3) is 0 Å². The second-order valence-corrected chi connectivity index (χ2v) is 2.31. The zero-order valence-electron chi connectivity index (χ0n) is 7.28. The largest absolute Gasteiger partial charge is 0.462 e. The van der Waals surface area contributed by atoms with E-state index < -0.39 is 0 Å². The first-order valence-corrected chi connectivity index (χ1v) is 3.97. The number of hydrogen-bond donors (Lipinski definition) is 0. The topological polar surface area (TPSA) is 44.1 Å². The van der Waals surface area contributed by atoms with Gasteiger partial charge in [0.1, 0.15) is 0 Å². The predicted molar refractivity (Wildman–Crippen MR) is 43.9 cm³/mol. The fourth-order valence-corrected chi connectivity index (χ4v) is 0.856. The predicted octanol–water partition coefficient (Wildman–Crippen LogP) is 1.08. The van der Waals surface area contributed by atoms with Crippen molar-refractivity contribution in [3.8, 4) is 0 Å². The molecule has 4 heteroatoms. The van der Waals surface area contributed by atoms with Crippen LogP contribution in [0.5, 0.6) is 0 Å². The lowest BCUT2D eigenvalue weighted by Gasteiger charge is -1.96. The molecule has 0 unspecified atom stereocenters. The lowest BCUT2D eigenvalue weighted by Crippen LogP contribution is -2.03. The summed E-state index contributed by atoms with van der Waals surface area (Å²) in [5.74, 6) is -0.308. The molecule has 4 nitrogen and oxygen atoms in total. The second-order valence-electron chi connectivity index (χ2n) is 2.31. The SMILES string of the molecule is CCOC(=O)c1cnn(CC)c1. The number of carbonyl (C=O) groups is 1. The van der Waals surface area contributed by atoms with Crippen LogP contribution < -0.4 is 0 Å². The molecule has 66 valence electrons. The van der Waals surface area contributed by atoms with Crippen molar-refractivity contribution in [3.63, 3.8) is 0 Å². The quantitative estimate of drug-likeness (QED) is 0.634. The third kappa shape index (κ3) is 1.84. The van der Waals surface area contributed by atoms with Gasteiger partial charge in [0.15, 0.2) is 0 Å². The van der Waals surface area contributed by atoms with E-state index in [0.29, 0.717) is 12.2 Å². The average Bonchev–Trinajstić information content (AvgIpc) is 2.52. The molecule has 1 aromatic heterocycles. The van der Waals surface area contributed by atoms with Crippen LogP contribution in [0.3, 0.4) is 0 Å². The van der Waals surface area contributed by atoms with Gasteiger partial charge in [0.05, 0.1) is 18.4 Å². The van der Waals surface area contributed by atoms with Crippen molar-refractivity contribution in [1.82, 2.24) is 9.78 Å². The van der Waals surface area contributed by atoms with E-state index in [1.54, 1.807) is 17.8 Å². The van der Waals surface area contributed by atoms with Gasteiger partial charge >= 0.3 is 5.97 Å². The van der Waals surface area contributed by atoms with Gasteiger partial charge in [-0.25, -0.2) is 4.79 Å². The summed E-state index contributed by atoms with van der Waals surface area (Å²) in [4.78, 5) is 11.1. The molecule has 0 fully saturated rings. The molecule has 0 atom stereocenters. The molecule has 0 spiro atoms. The highest BCUT2D eigenvalue weighted by Crippen LogP contribution is 1.99. The Morgan fingerprint density at radius 1 is 1.67 bits per heavy atom. The number of aryl methyl sites for hydroxylation is 1. The lowest BCUT2D eigenvalue weighted by molar-refractivity contribution is 0.0526. The number of aromatic nitrogens is 2. The first kappa shape index (κ1) is 8.77. The normalized spacial score (nSPS) is 9.83. The highest BCUT2D eigenvalue weighted by Gasteiger charge is 2.07. The van der Waals surface area contributed by atoms with Crippen LogP contribution in [0.4, 0.5) is 0 Å². The van der Waals surface area contributed by atoms with Crippen LogP contribution in [-0.2, 0) is 11.3 Å². The molecule has 0 aliphatic carbocycles. The molecule has 1 heterocycles. The lowest BCUT2D eigenvalue weighted by atomic mass is 10.4. The molecule has 0 N–H and O–H groups in total. The Morgan fingerprint density at radius 3 is 2.92 bits per heavy atom. The van der Waals surface area contributed by atoms with Crippen molar-refractivity contribution in [2.45, 2.75) is 20.4 Å². The minimum atomic E-state index is -0.308. The van der Waals surface area contributed by atoms with E-state index in [1.807, 2.05) is 6.92 Å². The van der Waals surface area contributed by atoms with E-state index in [1.165, 1.54) is 6.20 Å². The Hall–Kier alpha value is -1.32. The van der Waals surface area contributed by atoms with Crippen molar-refractivity contribution < 1.29 is 9.53 Å². The van der Waals surface area contributed by atoms with E-state index in [4.69, 9.17) is 4.74 Å². The minimum Gasteiger partial charge on any atom is -0.462 e. The molecular weight excluding hydrogens is 156 g/mol. The monoisotopic (exact) mass is 168 g/mol. The number of rotatable bonds is 3. The summed E-state index contributed by atoms with van der Waals surface area (Å²) in [5, 5.41) is 3.95. The molecule has 0 aromatic carbocycles. The van der Waals surface area contributed by atoms with Crippen LogP contribution in [0, 0.1) is 0 Å². The maximum absolute atomic E-state index is 11.1. The van der Waals surface area contributed by atoms with Gasteiger partial charge in [-0.2, -0.15) is 5.10 Å². The minimum absolute atomic E-state index is 0.308. The zero-order chi connectivity index (χ0) is 8.97. The Kier molecular flexibility index (Phi) is 2.85. The van der Waals surface area contributed by atoms with E-state index >= 15 is 0 Å². The van der Waals surface area contributed by atoms with Crippen LogP contribution >= 0.6 is 0 Å². The van der Waals surface area contributed by atoms with Crippen LogP contribution in [-0.4, -0.2) is 22.4 Å². The number of ether oxygens (including phenoxy) is 1. The molecule has 0 amide bonds. The summed E-state index contributed by atoms with van der Waals surface area (Å²) in [6.45, 7) is 4.90. The van der Waals surface area contributed by atoms with Crippen LogP contribution in [0.2, 0.25) is 0 Å². The molecule has 0 radical (unpaired) electrons. The molecule has 1 rings (SSSR count). The third-order valence-electron chi connectivity index (χ3n) is 1.47. The molecule has 0 saturated carbocycles. The van der Waals surface area contributed by atoms with Gasteiger partial charge in [0, 0.05) is 12.7 Å². The highest BCUT2D eigenvalue weighted by molar-refractivity contribution is 5.88. The highest BCUT2D eigenvalue weighted by atomic mass is 16.5. The number of carbonyl (C=O) groups excluding carboxylic acids is 1. The Morgan fingerprint density at radius 2 is 2.42 bits per heavy atom. The van der Waals surface area contributed by atoms with Crippen LogP contribution in [0.15, 0.2) is 12.4 Å². The zero-order valence-corrected chi connectivity index (χ0v) is 7.28. The Bertz CT molecular complexity index is 268. The summed E-state index contributed by atoms with van der Waals surface area (Å²) < 4.78 is 6.48. The summed E-state index contributed by atoms with van der Waals surface area (Å²) in [7, 11) is 0.